The summed E-state index contributed by atoms with van der Waals surface area (Å²) in [5.74, 6) is 2.58. The van der Waals surface area contributed by atoms with Gasteiger partial charge < -0.3 is 14.8 Å². The number of nitrogens with one attached hydrogen (secondary N) is 1. The van der Waals surface area contributed by atoms with Crippen LogP contribution in [0.5, 0.6) is 11.5 Å². The van der Waals surface area contributed by atoms with Crippen molar-refractivity contribution >= 4 is 0 Å². The lowest BCUT2D eigenvalue weighted by Gasteiger charge is -2.42. The first-order valence-electron chi connectivity index (χ1n) is 8.72. The van der Waals surface area contributed by atoms with Gasteiger partial charge in [-0.1, -0.05) is 27.7 Å². The number of hydrogen-bond donors (Lipinski definition) is 1. The average Bonchev–Trinajstić information content (AvgIpc) is 2.52. The van der Waals surface area contributed by atoms with E-state index in [4.69, 9.17) is 9.47 Å². The van der Waals surface area contributed by atoms with Crippen LogP contribution in [0.4, 0.5) is 0 Å². The minimum atomic E-state index is -0.0468. The highest BCUT2D eigenvalue weighted by Crippen LogP contribution is 2.44. The van der Waals surface area contributed by atoms with Crippen molar-refractivity contribution in [3.05, 3.63) is 23.8 Å². The fraction of sp³-hybridized carbons (Fsp3) is 0.684. The van der Waals surface area contributed by atoms with Gasteiger partial charge >= 0.3 is 0 Å². The van der Waals surface area contributed by atoms with Gasteiger partial charge in [-0.3, -0.25) is 0 Å². The van der Waals surface area contributed by atoms with E-state index in [2.05, 4.69) is 45.1 Å². The molecule has 3 heteroatoms. The van der Waals surface area contributed by atoms with Crippen LogP contribution in [0, 0.1) is 5.92 Å². The molecule has 1 aromatic rings. The summed E-state index contributed by atoms with van der Waals surface area (Å²) < 4.78 is 12.1. The molecule has 1 unspecified atom stereocenters. The Kier molecular flexibility index (Phi) is 5.74. The molecule has 0 fully saturated rings. The molecule has 0 aromatic heterocycles. The lowest BCUT2D eigenvalue weighted by Crippen LogP contribution is -2.44. The van der Waals surface area contributed by atoms with Crippen molar-refractivity contribution in [3.63, 3.8) is 0 Å². The minimum absolute atomic E-state index is 0.0468. The molecule has 0 spiro atoms. The van der Waals surface area contributed by atoms with E-state index >= 15 is 0 Å². The first kappa shape index (κ1) is 17.1. The van der Waals surface area contributed by atoms with Crippen LogP contribution in [0.1, 0.15) is 65.5 Å². The Bertz CT molecular complexity index is 480. The zero-order valence-electron chi connectivity index (χ0n) is 14.7. The Labute approximate surface area is 135 Å². The van der Waals surface area contributed by atoms with E-state index in [1.54, 1.807) is 0 Å². The molecule has 124 valence electrons. The molecule has 1 aromatic carbocycles. The third-order valence-corrected chi connectivity index (χ3v) is 4.63. The molecule has 0 amide bonds. The second kappa shape index (κ2) is 7.36. The fourth-order valence-electron chi connectivity index (χ4n) is 3.15. The van der Waals surface area contributed by atoms with Gasteiger partial charge in [0.05, 0.1) is 6.61 Å². The Balaban J connectivity index is 2.32. The van der Waals surface area contributed by atoms with Crippen LogP contribution in [-0.2, 0) is 0 Å². The van der Waals surface area contributed by atoms with E-state index in [9.17, 15) is 0 Å². The Hall–Kier alpha value is -1.22. The molecule has 0 saturated carbocycles. The Morgan fingerprint density at radius 2 is 2.00 bits per heavy atom. The summed E-state index contributed by atoms with van der Waals surface area (Å²) in [6.45, 7) is 12.7. The second-order valence-electron chi connectivity index (χ2n) is 6.68. The largest absolute Gasteiger partial charge is 0.494 e. The van der Waals surface area contributed by atoms with Crippen LogP contribution < -0.4 is 14.8 Å². The first-order chi connectivity index (χ1) is 10.5. The fourth-order valence-corrected chi connectivity index (χ4v) is 3.15. The molecule has 2 rings (SSSR count). The SMILES string of the molecule is CCOc1ccc2c(c1)C(NCC(C)C)CC(CC)(CC)O2. The van der Waals surface area contributed by atoms with Crippen LogP contribution in [0.15, 0.2) is 18.2 Å². The monoisotopic (exact) mass is 305 g/mol. The van der Waals surface area contributed by atoms with Crippen molar-refractivity contribution < 1.29 is 9.47 Å². The van der Waals surface area contributed by atoms with Gasteiger partial charge in [0, 0.05) is 18.0 Å². The maximum Gasteiger partial charge on any atom is 0.125 e. The lowest BCUT2D eigenvalue weighted by molar-refractivity contribution is 0.0222. The molecule has 0 saturated heterocycles. The van der Waals surface area contributed by atoms with Crippen LogP contribution in [0.2, 0.25) is 0 Å². The normalized spacial score (nSPS) is 19.6. The summed E-state index contributed by atoms with van der Waals surface area (Å²) in [4.78, 5) is 0. The number of benzene rings is 1. The molecule has 3 nitrogen and oxygen atoms in total. The summed E-state index contributed by atoms with van der Waals surface area (Å²) in [7, 11) is 0. The number of fused-ring (bicyclic) bond motifs is 1. The molecule has 1 aliphatic rings. The van der Waals surface area contributed by atoms with E-state index < -0.39 is 0 Å². The van der Waals surface area contributed by atoms with Gasteiger partial charge in [-0.2, -0.15) is 0 Å². The molecule has 0 bridgehead atoms. The quantitative estimate of drug-likeness (QED) is 0.791. The third kappa shape index (κ3) is 3.75. The molecule has 0 aliphatic carbocycles. The summed E-state index contributed by atoms with van der Waals surface area (Å²) in [6.07, 6.45) is 3.10. The summed E-state index contributed by atoms with van der Waals surface area (Å²) in [6, 6.07) is 6.57. The highest BCUT2D eigenvalue weighted by molar-refractivity contribution is 5.44. The van der Waals surface area contributed by atoms with Crippen molar-refractivity contribution in [2.45, 2.75) is 65.5 Å². The third-order valence-electron chi connectivity index (χ3n) is 4.63. The Morgan fingerprint density at radius 1 is 1.27 bits per heavy atom. The Morgan fingerprint density at radius 3 is 2.59 bits per heavy atom. The van der Waals surface area contributed by atoms with E-state index in [1.165, 1.54) is 5.56 Å². The highest BCUT2D eigenvalue weighted by Gasteiger charge is 2.38. The van der Waals surface area contributed by atoms with Crippen LogP contribution in [0.25, 0.3) is 0 Å². The number of hydrogen-bond acceptors (Lipinski definition) is 3. The van der Waals surface area contributed by atoms with Gasteiger partial charge in [-0.25, -0.2) is 0 Å². The topological polar surface area (TPSA) is 30.5 Å². The van der Waals surface area contributed by atoms with Gasteiger partial charge in [0.2, 0.25) is 0 Å². The van der Waals surface area contributed by atoms with Gasteiger partial charge in [0.1, 0.15) is 17.1 Å². The zero-order valence-corrected chi connectivity index (χ0v) is 14.7. The smallest absolute Gasteiger partial charge is 0.125 e. The number of ether oxygens (including phenoxy) is 2. The highest BCUT2D eigenvalue weighted by atomic mass is 16.5. The first-order valence-corrected chi connectivity index (χ1v) is 8.72. The van der Waals surface area contributed by atoms with Crippen LogP contribution in [-0.4, -0.2) is 18.8 Å². The second-order valence-corrected chi connectivity index (χ2v) is 6.68. The minimum Gasteiger partial charge on any atom is -0.494 e. The van der Waals surface area contributed by atoms with Crippen LogP contribution >= 0.6 is 0 Å². The standard InChI is InChI=1S/C19H31NO2/c1-6-19(7-2)12-17(20-13-14(4)5)16-11-15(21-8-3)9-10-18(16)22-19/h9-11,14,17,20H,6-8,12-13H2,1-5H3. The summed E-state index contributed by atoms with van der Waals surface area (Å²) in [5, 5.41) is 3.73. The predicted octanol–water partition coefficient (Wildman–Crippen LogP) is 4.71. The molecule has 1 heterocycles. The molecule has 0 radical (unpaired) electrons. The van der Waals surface area contributed by atoms with Gasteiger partial charge in [-0.05, 0) is 50.4 Å². The molecule has 22 heavy (non-hydrogen) atoms. The van der Waals surface area contributed by atoms with Crippen molar-refractivity contribution in [3.8, 4) is 11.5 Å². The van der Waals surface area contributed by atoms with E-state index in [0.29, 0.717) is 18.6 Å². The maximum atomic E-state index is 6.39. The van der Waals surface area contributed by atoms with Gasteiger partial charge in [-0.15, -0.1) is 0 Å². The zero-order chi connectivity index (χ0) is 16.2. The maximum absolute atomic E-state index is 6.39. The predicted molar refractivity (Wildman–Crippen MR) is 91.8 cm³/mol. The molecular weight excluding hydrogens is 274 g/mol. The van der Waals surface area contributed by atoms with Gasteiger partial charge in [0.25, 0.3) is 0 Å². The van der Waals surface area contributed by atoms with Crippen molar-refractivity contribution in [2.75, 3.05) is 13.2 Å². The van der Waals surface area contributed by atoms with Crippen LogP contribution in [0.3, 0.4) is 0 Å². The average molecular weight is 305 g/mol. The molecule has 1 N–H and O–H groups in total. The van der Waals surface area contributed by atoms with E-state index in [-0.39, 0.29) is 5.60 Å². The summed E-state index contributed by atoms with van der Waals surface area (Å²) in [5.41, 5.74) is 1.19. The van der Waals surface area contributed by atoms with Crippen molar-refractivity contribution in [1.29, 1.82) is 0 Å². The van der Waals surface area contributed by atoms with E-state index in [1.807, 2.05) is 13.0 Å². The van der Waals surface area contributed by atoms with Crippen molar-refractivity contribution in [1.82, 2.24) is 5.32 Å². The van der Waals surface area contributed by atoms with Crippen molar-refractivity contribution in [2.24, 2.45) is 5.92 Å². The van der Waals surface area contributed by atoms with Gasteiger partial charge in [0.15, 0.2) is 0 Å². The molecule has 1 aliphatic heterocycles. The molecular formula is C19H31NO2. The molecule has 1 atom stereocenters. The number of rotatable bonds is 7. The summed E-state index contributed by atoms with van der Waals surface area (Å²) >= 11 is 0. The van der Waals surface area contributed by atoms with E-state index in [0.717, 1.165) is 37.3 Å². The lowest BCUT2D eigenvalue weighted by atomic mass is 9.83.